The van der Waals surface area contributed by atoms with E-state index < -0.39 is 12.1 Å². The number of carbonyl (C=O) groups excluding carboxylic acids is 2. The quantitative estimate of drug-likeness (QED) is 0.647. The zero-order valence-electron chi connectivity index (χ0n) is 19.2. The average Bonchev–Trinajstić information content (AvgIpc) is 3.08. The molecule has 2 aromatic rings. The van der Waals surface area contributed by atoms with Crippen LogP contribution in [0.1, 0.15) is 51.2 Å². The Bertz CT molecular complexity index is 879. The number of alkyl carbamates (subject to hydrolysis) is 1. The number of nitrogens with zero attached hydrogens (tertiary/aromatic N) is 1. The molecule has 0 heterocycles. The second-order valence-corrected chi connectivity index (χ2v) is 8.95. The molecule has 2 aromatic carbocycles. The normalized spacial score (nSPS) is 14.5. The minimum atomic E-state index is -0.593. The van der Waals surface area contributed by atoms with Gasteiger partial charge in [-0.15, -0.1) is 0 Å². The van der Waals surface area contributed by atoms with E-state index in [1.54, 1.807) is 11.9 Å². The Labute approximate surface area is 185 Å². The Morgan fingerprint density at radius 3 is 2.06 bits per heavy atom. The van der Waals surface area contributed by atoms with Crippen LogP contribution >= 0.6 is 0 Å². The van der Waals surface area contributed by atoms with Crippen molar-refractivity contribution in [1.82, 2.24) is 10.2 Å². The van der Waals surface area contributed by atoms with Gasteiger partial charge in [-0.05, 0) is 34.1 Å². The Hall–Kier alpha value is -2.82. The summed E-state index contributed by atoms with van der Waals surface area (Å²) >= 11 is 0. The number of nitrogens with one attached hydrogen (secondary N) is 1. The van der Waals surface area contributed by atoms with Gasteiger partial charge < -0.3 is 15.0 Å². The molecule has 1 aliphatic carbocycles. The molecule has 166 valence electrons. The predicted molar refractivity (Wildman–Crippen MR) is 124 cm³/mol. The van der Waals surface area contributed by atoms with Gasteiger partial charge in [0.15, 0.2) is 0 Å². The fourth-order valence-electron chi connectivity index (χ4n) is 4.33. The molecule has 3 rings (SSSR count). The highest BCUT2D eigenvalue weighted by Crippen LogP contribution is 2.44. The summed E-state index contributed by atoms with van der Waals surface area (Å²) in [4.78, 5) is 27.4. The van der Waals surface area contributed by atoms with Crippen LogP contribution in [0.2, 0.25) is 0 Å². The van der Waals surface area contributed by atoms with Crippen LogP contribution in [0, 0.1) is 11.8 Å². The molecule has 0 bridgehead atoms. The molecule has 5 nitrogen and oxygen atoms in total. The van der Waals surface area contributed by atoms with Crippen molar-refractivity contribution in [2.24, 2.45) is 11.8 Å². The molecule has 0 saturated heterocycles. The van der Waals surface area contributed by atoms with Gasteiger partial charge in [0.1, 0.15) is 12.6 Å². The van der Waals surface area contributed by atoms with E-state index in [1.165, 1.54) is 22.3 Å². The summed E-state index contributed by atoms with van der Waals surface area (Å²) < 4.78 is 5.66. The predicted octanol–water partition coefficient (Wildman–Crippen LogP) is 5.05. The van der Waals surface area contributed by atoms with Crippen LogP contribution in [-0.2, 0) is 9.53 Å². The lowest BCUT2D eigenvalue weighted by Crippen LogP contribution is -2.51. The van der Waals surface area contributed by atoms with Crippen molar-refractivity contribution in [1.29, 1.82) is 0 Å². The summed E-state index contributed by atoms with van der Waals surface area (Å²) in [6, 6.07) is 15.9. The molecule has 0 unspecified atom stereocenters. The smallest absolute Gasteiger partial charge is 0.407 e. The third kappa shape index (κ3) is 5.09. The first-order valence-electron chi connectivity index (χ1n) is 11.2. The molecule has 2 amide bonds. The number of rotatable bonds is 8. The van der Waals surface area contributed by atoms with E-state index in [0.29, 0.717) is 12.5 Å². The maximum absolute atomic E-state index is 13.0. The second kappa shape index (κ2) is 9.99. The molecule has 1 N–H and O–H groups in total. The Morgan fingerprint density at radius 1 is 1.00 bits per heavy atom. The molecule has 0 aromatic heterocycles. The Balaban J connectivity index is 1.69. The van der Waals surface area contributed by atoms with Gasteiger partial charge in [-0.25, -0.2) is 4.79 Å². The first kappa shape index (κ1) is 22.9. The van der Waals surface area contributed by atoms with Crippen molar-refractivity contribution >= 4 is 12.0 Å². The Kier molecular flexibility index (Phi) is 7.37. The first-order valence-corrected chi connectivity index (χ1v) is 11.2. The highest BCUT2D eigenvalue weighted by Gasteiger charge is 2.31. The number of ether oxygens (including phenoxy) is 1. The van der Waals surface area contributed by atoms with Gasteiger partial charge in [-0.2, -0.15) is 0 Å². The maximum atomic E-state index is 13.0. The minimum Gasteiger partial charge on any atom is -0.449 e. The van der Waals surface area contributed by atoms with Crippen molar-refractivity contribution in [2.45, 2.75) is 46.1 Å². The average molecular weight is 423 g/mol. The number of fused-ring (bicyclic) bond motifs is 3. The summed E-state index contributed by atoms with van der Waals surface area (Å²) in [5.74, 6) is 0.305. The van der Waals surface area contributed by atoms with Crippen molar-refractivity contribution in [2.75, 3.05) is 20.2 Å². The standard InChI is InChI=1S/C26H34N2O3/c1-6-18(4)24(25(29)28(5)15-17(2)3)27-26(30)31-16-23-21-13-9-7-11-19(21)20-12-8-10-14-22(20)23/h7-14,17-18,23-24H,6,15-16H2,1-5H3,(H,27,30)/t18-,24-/m0/s1. The van der Waals surface area contributed by atoms with Gasteiger partial charge in [-0.1, -0.05) is 82.6 Å². The monoisotopic (exact) mass is 422 g/mol. The number of carbonyl (C=O) groups is 2. The van der Waals surface area contributed by atoms with E-state index in [2.05, 4.69) is 43.4 Å². The topological polar surface area (TPSA) is 58.6 Å². The molecule has 2 atom stereocenters. The molecule has 0 radical (unpaired) electrons. The lowest BCUT2D eigenvalue weighted by atomic mass is 9.97. The van der Waals surface area contributed by atoms with Gasteiger partial charge in [0, 0.05) is 19.5 Å². The van der Waals surface area contributed by atoms with E-state index in [0.717, 1.165) is 6.42 Å². The second-order valence-electron chi connectivity index (χ2n) is 8.95. The lowest BCUT2D eigenvalue weighted by molar-refractivity contribution is -0.133. The summed E-state index contributed by atoms with van der Waals surface area (Å²) in [5.41, 5.74) is 4.72. The third-order valence-electron chi connectivity index (χ3n) is 6.11. The summed E-state index contributed by atoms with van der Waals surface area (Å²) in [5, 5.41) is 2.84. The first-order chi connectivity index (χ1) is 14.8. The number of benzene rings is 2. The van der Waals surface area contributed by atoms with Gasteiger partial charge in [0.2, 0.25) is 5.91 Å². The SMILES string of the molecule is CC[C@H](C)[C@H](NC(=O)OCC1c2ccccc2-c2ccccc21)C(=O)N(C)CC(C)C. The van der Waals surface area contributed by atoms with Crippen LogP contribution in [0.25, 0.3) is 11.1 Å². The zero-order chi connectivity index (χ0) is 22.5. The molecule has 0 aliphatic heterocycles. The molecule has 0 saturated carbocycles. The minimum absolute atomic E-state index is 0.000449. The molecular formula is C26H34N2O3. The third-order valence-corrected chi connectivity index (χ3v) is 6.11. The van der Waals surface area contributed by atoms with Gasteiger partial charge in [-0.3, -0.25) is 4.79 Å². The van der Waals surface area contributed by atoms with Crippen LogP contribution in [0.15, 0.2) is 48.5 Å². The fraction of sp³-hybridized carbons (Fsp3) is 0.462. The van der Waals surface area contributed by atoms with Gasteiger partial charge in [0.05, 0.1) is 0 Å². The number of amides is 2. The molecule has 0 spiro atoms. The van der Waals surface area contributed by atoms with Crippen LogP contribution in [0.4, 0.5) is 4.79 Å². The van der Waals surface area contributed by atoms with Crippen LogP contribution < -0.4 is 5.32 Å². The highest BCUT2D eigenvalue weighted by atomic mass is 16.5. The van der Waals surface area contributed by atoms with Crippen LogP contribution in [0.3, 0.4) is 0 Å². The summed E-state index contributed by atoms with van der Waals surface area (Å²) in [7, 11) is 1.79. The molecule has 0 fully saturated rings. The van der Waals surface area contributed by atoms with Crippen LogP contribution in [0.5, 0.6) is 0 Å². The van der Waals surface area contributed by atoms with Crippen LogP contribution in [-0.4, -0.2) is 43.1 Å². The highest BCUT2D eigenvalue weighted by molar-refractivity contribution is 5.86. The number of hydrogen-bond acceptors (Lipinski definition) is 3. The van der Waals surface area contributed by atoms with Crippen molar-refractivity contribution < 1.29 is 14.3 Å². The van der Waals surface area contributed by atoms with E-state index in [-0.39, 0.29) is 24.3 Å². The summed E-state index contributed by atoms with van der Waals surface area (Å²) in [6.45, 7) is 9.03. The Morgan fingerprint density at radius 2 is 1.55 bits per heavy atom. The fourth-order valence-corrected chi connectivity index (χ4v) is 4.33. The van der Waals surface area contributed by atoms with Crippen molar-refractivity contribution in [3.8, 4) is 11.1 Å². The molecule has 31 heavy (non-hydrogen) atoms. The number of likely N-dealkylation sites (N-methyl/N-ethyl adjacent to an activating group) is 1. The zero-order valence-corrected chi connectivity index (χ0v) is 19.2. The molecule has 5 heteroatoms. The van der Waals surface area contributed by atoms with E-state index in [9.17, 15) is 9.59 Å². The van der Waals surface area contributed by atoms with Crippen molar-refractivity contribution in [3.05, 3.63) is 59.7 Å². The van der Waals surface area contributed by atoms with E-state index in [4.69, 9.17) is 4.74 Å². The lowest BCUT2D eigenvalue weighted by Gasteiger charge is -2.29. The molecular weight excluding hydrogens is 388 g/mol. The number of hydrogen-bond donors (Lipinski definition) is 1. The molecule has 1 aliphatic rings. The summed E-state index contributed by atoms with van der Waals surface area (Å²) in [6.07, 6.45) is 0.244. The van der Waals surface area contributed by atoms with Crippen molar-refractivity contribution in [3.63, 3.8) is 0 Å². The van der Waals surface area contributed by atoms with E-state index in [1.807, 2.05) is 38.1 Å². The van der Waals surface area contributed by atoms with E-state index >= 15 is 0 Å². The largest absolute Gasteiger partial charge is 0.449 e. The van der Waals surface area contributed by atoms with Gasteiger partial charge >= 0.3 is 6.09 Å². The van der Waals surface area contributed by atoms with Gasteiger partial charge in [0.25, 0.3) is 0 Å². The maximum Gasteiger partial charge on any atom is 0.407 e.